The van der Waals surface area contributed by atoms with Crippen LogP contribution in [0.2, 0.25) is 5.32 Å². The average Bonchev–Trinajstić information content (AvgIpc) is 2.89. The Labute approximate surface area is 155 Å². The Bertz CT molecular complexity index is 464. The molecule has 8 heteroatoms. The van der Waals surface area contributed by atoms with Crippen LogP contribution in [0.5, 0.6) is 0 Å². The summed E-state index contributed by atoms with van der Waals surface area (Å²) in [6.07, 6.45) is 15.8. The number of hydrogen-bond donors (Lipinski definition) is 3. The fourth-order valence-corrected chi connectivity index (χ4v) is 2.12. The number of nitrogens with one attached hydrogen (secondary N) is 1. The van der Waals surface area contributed by atoms with Gasteiger partial charge in [-0.3, -0.25) is 9.11 Å². The standard InChI is InChI=1S/C8H14N2.C8H17.Cu.H2O4S/c1-3-4-5-8-9-6-7-10(8)2;1-3-5-7-8-6-4-2;;1-5(2,3)4/h6-7H,3-5H2,1-2H3;1,3-8H2,2H3;;(H2,1,2,3,4)/p+1. The van der Waals surface area contributed by atoms with Gasteiger partial charge in [0.2, 0.25) is 0 Å². The summed E-state index contributed by atoms with van der Waals surface area (Å²) in [5, 5.41) is 0.930. The molecular formula is C16H34CuN2O4S+. The van der Waals surface area contributed by atoms with Gasteiger partial charge in [-0.05, 0) is 6.42 Å². The van der Waals surface area contributed by atoms with Crippen molar-refractivity contribution in [3.05, 3.63) is 18.2 Å². The van der Waals surface area contributed by atoms with Crippen LogP contribution in [0.15, 0.2) is 12.4 Å². The first-order chi connectivity index (χ1) is 11.3. The van der Waals surface area contributed by atoms with Crippen LogP contribution in [-0.2, 0) is 39.9 Å². The molecule has 0 radical (unpaired) electrons. The van der Waals surface area contributed by atoms with Crippen LogP contribution in [0.1, 0.15) is 71.0 Å². The van der Waals surface area contributed by atoms with Crippen LogP contribution in [-0.4, -0.2) is 22.5 Å². The Morgan fingerprint density at radius 1 is 1.04 bits per heavy atom. The van der Waals surface area contributed by atoms with E-state index in [9.17, 15) is 0 Å². The molecule has 0 aliphatic carbocycles. The number of rotatable bonds is 9. The molecule has 0 bridgehead atoms. The van der Waals surface area contributed by atoms with E-state index in [1.165, 1.54) is 63.6 Å². The van der Waals surface area contributed by atoms with Gasteiger partial charge in [0, 0.05) is 6.42 Å². The number of hydrogen-bond acceptors (Lipinski definition) is 2. The van der Waals surface area contributed by atoms with Crippen LogP contribution in [0, 0.1) is 0 Å². The molecular weight excluding hydrogens is 380 g/mol. The number of aromatic amines is 1. The molecule has 148 valence electrons. The van der Waals surface area contributed by atoms with E-state index in [4.69, 9.17) is 33.5 Å². The van der Waals surface area contributed by atoms with Crippen molar-refractivity contribution < 1.29 is 38.1 Å². The number of nitrogens with zero attached hydrogens (tertiary/aromatic N) is 1. The first kappa shape index (κ1) is 25.8. The van der Waals surface area contributed by atoms with Crippen molar-refractivity contribution in [1.82, 2.24) is 4.98 Å². The Balaban J connectivity index is 0. The Morgan fingerprint density at radius 3 is 1.96 bits per heavy atom. The van der Waals surface area contributed by atoms with Gasteiger partial charge in [-0.15, -0.1) is 0 Å². The molecule has 0 atom stereocenters. The SMILES string of the molecule is CCCCCCC[CH2][Cu].CCCCc1[nH]cc[n+]1C.O=S(=O)(O)O. The van der Waals surface area contributed by atoms with E-state index in [1.54, 1.807) is 0 Å². The molecule has 1 aromatic rings. The monoisotopic (exact) mass is 413 g/mol. The zero-order valence-electron chi connectivity index (χ0n) is 15.1. The predicted molar refractivity (Wildman–Crippen MR) is 92.9 cm³/mol. The Hall–Kier alpha value is -0.401. The van der Waals surface area contributed by atoms with Gasteiger partial charge < -0.3 is 0 Å². The summed E-state index contributed by atoms with van der Waals surface area (Å²) in [7, 11) is -2.60. The largest absolute Gasteiger partial charge is 0.394 e. The molecule has 0 saturated carbocycles. The molecule has 0 amide bonds. The minimum atomic E-state index is -4.67. The second-order valence-electron chi connectivity index (χ2n) is 5.49. The predicted octanol–water partition coefficient (Wildman–Crippen LogP) is 3.84. The maximum absolute atomic E-state index is 8.74. The number of H-pyrrole nitrogens is 1. The normalized spacial score (nSPS) is 10.5. The quantitative estimate of drug-likeness (QED) is 0.248. The zero-order chi connectivity index (χ0) is 18.8. The van der Waals surface area contributed by atoms with Gasteiger partial charge >= 0.3 is 77.2 Å². The molecule has 0 saturated heterocycles. The molecule has 0 aromatic carbocycles. The molecule has 1 rings (SSSR count). The molecule has 24 heavy (non-hydrogen) atoms. The molecule has 1 heterocycles. The number of aryl methyl sites for hydroxylation is 2. The fourth-order valence-electron chi connectivity index (χ4n) is 1.89. The maximum Gasteiger partial charge on any atom is 0.394 e. The van der Waals surface area contributed by atoms with E-state index >= 15 is 0 Å². The van der Waals surface area contributed by atoms with E-state index in [2.05, 4.69) is 30.4 Å². The summed E-state index contributed by atoms with van der Waals surface area (Å²) in [4.78, 5) is 3.20. The van der Waals surface area contributed by atoms with Crippen LogP contribution in [0.3, 0.4) is 0 Å². The maximum atomic E-state index is 8.74. The van der Waals surface area contributed by atoms with Crippen molar-refractivity contribution in [2.75, 3.05) is 0 Å². The van der Waals surface area contributed by atoms with Gasteiger partial charge in [0.05, 0.1) is 7.05 Å². The van der Waals surface area contributed by atoms with Gasteiger partial charge in [-0.2, -0.15) is 8.42 Å². The minimum absolute atomic E-state index is 0.930. The molecule has 0 unspecified atom stereocenters. The average molecular weight is 414 g/mol. The van der Waals surface area contributed by atoms with E-state index in [0.717, 1.165) is 5.32 Å². The second-order valence-corrected chi connectivity index (χ2v) is 6.85. The van der Waals surface area contributed by atoms with Gasteiger partial charge in [0.15, 0.2) is 0 Å². The van der Waals surface area contributed by atoms with Crippen molar-refractivity contribution in [2.24, 2.45) is 7.05 Å². The summed E-state index contributed by atoms with van der Waals surface area (Å²) in [5.74, 6) is 1.32. The first-order valence-electron chi connectivity index (χ1n) is 8.48. The third-order valence-corrected chi connectivity index (χ3v) is 3.53. The topological polar surface area (TPSA) is 94.3 Å². The van der Waals surface area contributed by atoms with Crippen molar-refractivity contribution in [3.8, 4) is 0 Å². The van der Waals surface area contributed by atoms with Gasteiger partial charge in [-0.25, -0.2) is 9.55 Å². The summed E-state index contributed by atoms with van der Waals surface area (Å²) in [6, 6.07) is 0. The van der Waals surface area contributed by atoms with Crippen LogP contribution < -0.4 is 4.57 Å². The second kappa shape index (κ2) is 17.4. The van der Waals surface area contributed by atoms with Crippen molar-refractivity contribution in [3.63, 3.8) is 0 Å². The van der Waals surface area contributed by atoms with Crippen LogP contribution in [0.4, 0.5) is 0 Å². The van der Waals surface area contributed by atoms with E-state index in [-0.39, 0.29) is 0 Å². The van der Waals surface area contributed by atoms with E-state index in [1.807, 2.05) is 12.4 Å². The van der Waals surface area contributed by atoms with Gasteiger partial charge in [0.1, 0.15) is 12.4 Å². The van der Waals surface area contributed by atoms with Crippen molar-refractivity contribution in [2.45, 2.75) is 77.0 Å². The molecule has 6 nitrogen and oxygen atoms in total. The summed E-state index contributed by atoms with van der Waals surface area (Å²) in [5.41, 5.74) is 0. The Kier molecular flexibility index (Phi) is 18.8. The summed E-state index contributed by atoms with van der Waals surface area (Å²) in [6.45, 7) is 4.45. The molecule has 0 aliphatic heterocycles. The third-order valence-electron chi connectivity index (χ3n) is 3.20. The number of unbranched alkanes of at least 4 members (excludes halogenated alkanes) is 6. The zero-order valence-corrected chi connectivity index (χ0v) is 16.9. The summed E-state index contributed by atoms with van der Waals surface area (Å²) >= 11 is 4.96. The third kappa shape index (κ3) is 23.9. The van der Waals surface area contributed by atoms with E-state index < -0.39 is 10.4 Å². The fraction of sp³-hybridized carbons (Fsp3) is 0.812. The molecule has 0 spiro atoms. The van der Waals surface area contributed by atoms with Crippen molar-refractivity contribution >= 4 is 10.4 Å². The van der Waals surface area contributed by atoms with Crippen LogP contribution in [0.25, 0.3) is 0 Å². The van der Waals surface area contributed by atoms with Gasteiger partial charge in [-0.1, -0.05) is 13.3 Å². The smallest absolute Gasteiger partial charge is 0.264 e. The van der Waals surface area contributed by atoms with Crippen LogP contribution >= 0.6 is 0 Å². The molecule has 0 fully saturated rings. The number of aromatic nitrogens is 2. The molecule has 1 aromatic heterocycles. The Morgan fingerprint density at radius 2 is 1.54 bits per heavy atom. The number of imidazole rings is 1. The summed E-state index contributed by atoms with van der Waals surface area (Å²) < 4.78 is 33.7. The molecule has 0 aliphatic rings. The van der Waals surface area contributed by atoms with Crippen molar-refractivity contribution in [1.29, 1.82) is 0 Å². The first-order valence-corrected chi connectivity index (χ1v) is 10.5. The molecule has 3 N–H and O–H groups in total. The minimum Gasteiger partial charge on any atom is -0.264 e. The van der Waals surface area contributed by atoms with E-state index in [0.29, 0.717) is 0 Å². The van der Waals surface area contributed by atoms with Gasteiger partial charge in [0.25, 0.3) is 5.82 Å².